The molecule has 0 aliphatic carbocycles. The van der Waals surface area contributed by atoms with Gasteiger partial charge in [-0.1, -0.05) is 0 Å². The Labute approximate surface area is 136 Å². The van der Waals surface area contributed by atoms with Gasteiger partial charge in [0.15, 0.2) is 0 Å². The summed E-state index contributed by atoms with van der Waals surface area (Å²) in [5.74, 6) is -41.7. The van der Waals surface area contributed by atoms with Crippen LogP contribution >= 0.6 is 10.7 Å². The van der Waals surface area contributed by atoms with Gasteiger partial charge in [0.25, 0.3) is 0 Å². The monoisotopic (exact) mass is 468 g/mol. The zero-order valence-corrected chi connectivity index (χ0v) is 12.3. The van der Waals surface area contributed by atoms with Gasteiger partial charge in [-0.15, -0.1) is 0 Å². The average molecular weight is 469 g/mol. The van der Waals surface area contributed by atoms with Crippen LogP contribution in [0.3, 0.4) is 0 Å². The van der Waals surface area contributed by atoms with Gasteiger partial charge < -0.3 is 0 Å². The van der Waals surface area contributed by atoms with Crippen LogP contribution in [0.2, 0.25) is 0 Å². The molecule has 0 fully saturated rings. The molecule has 0 saturated carbocycles. The first-order valence-corrected chi connectivity index (χ1v) is 7.34. The maximum Gasteiger partial charge on any atom is 0.460 e. The summed E-state index contributed by atoms with van der Waals surface area (Å²) in [6, 6.07) is 0. The minimum atomic E-state index is -8.55. The van der Waals surface area contributed by atoms with Gasteiger partial charge in [-0.25, -0.2) is 8.42 Å². The summed E-state index contributed by atoms with van der Waals surface area (Å²) in [4.78, 5) is 0. The second kappa shape index (κ2) is 5.84. The Hall–Kier alpha value is -0.810. The van der Waals surface area contributed by atoms with E-state index in [2.05, 4.69) is 10.7 Å². The van der Waals surface area contributed by atoms with Crippen molar-refractivity contribution in [3.05, 3.63) is 0 Å². The quantitative estimate of drug-likeness (QED) is 0.411. The SMILES string of the molecule is O=S(=O)(Cl)C(F)(F)C(F)(F)C(F)(F)C(F)(F)C(F)(F)C(F)(F)C(F)(F)F. The van der Waals surface area contributed by atoms with Gasteiger partial charge in [-0.2, -0.15) is 65.9 Å². The molecule has 0 aromatic rings. The number of alkyl halides is 15. The highest BCUT2D eigenvalue weighted by Gasteiger charge is 2.94. The molecule has 0 bridgehead atoms. The van der Waals surface area contributed by atoms with Crippen LogP contribution in [-0.4, -0.2) is 49.5 Å². The van der Waals surface area contributed by atoms with Crippen LogP contribution in [0.15, 0.2) is 0 Å². The standard InChI is InChI=1S/C7ClF15O2S/c8-26(24,25)7(22,23)5(17,18)3(13,14)1(9,10)2(11,12)4(15,16)6(19,20)21. The third-order valence-electron chi connectivity index (χ3n) is 2.61. The molecular weight excluding hydrogens is 469 g/mol. The smallest absolute Gasteiger partial charge is 0.206 e. The molecule has 0 aliphatic heterocycles. The summed E-state index contributed by atoms with van der Waals surface area (Å²) in [6.45, 7) is 0. The minimum absolute atomic E-state index is 3.59. The molecule has 2 nitrogen and oxygen atoms in total. The van der Waals surface area contributed by atoms with Crippen molar-refractivity contribution in [3.63, 3.8) is 0 Å². The lowest BCUT2D eigenvalue weighted by Gasteiger charge is -2.40. The van der Waals surface area contributed by atoms with E-state index in [4.69, 9.17) is 0 Å². The van der Waals surface area contributed by atoms with Gasteiger partial charge in [0, 0.05) is 10.7 Å². The summed E-state index contributed by atoms with van der Waals surface area (Å²) >= 11 is 0. The van der Waals surface area contributed by atoms with Crippen LogP contribution in [-0.2, 0) is 9.05 Å². The zero-order valence-electron chi connectivity index (χ0n) is 10.8. The molecule has 0 saturated heterocycles. The zero-order chi connectivity index (χ0) is 22.0. The minimum Gasteiger partial charge on any atom is -0.206 e. The van der Waals surface area contributed by atoms with Crippen molar-refractivity contribution >= 4 is 19.7 Å². The maximum absolute atomic E-state index is 12.9. The van der Waals surface area contributed by atoms with Crippen molar-refractivity contribution in [2.24, 2.45) is 0 Å². The van der Waals surface area contributed by atoms with E-state index in [9.17, 15) is 74.3 Å². The van der Waals surface area contributed by atoms with Crippen LogP contribution in [0.1, 0.15) is 0 Å². The lowest BCUT2D eigenvalue weighted by Crippen LogP contribution is -2.73. The number of hydrogen-bond donors (Lipinski definition) is 0. The lowest BCUT2D eigenvalue weighted by atomic mass is 9.94. The van der Waals surface area contributed by atoms with Crippen LogP contribution in [0.25, 0.3) is 0 Å². The van der Waals surface area contributed by atoms with E-state index >= 15 is 0 Å². The summed E-state index contributed by atoms with van der Waals surface area (Å²) in [6.07, 6.45) is -7.73. The molecule has 0 aromatic carbocycles. The highest BCUT2D eigenvalue weighted by Crippen LogP contribution is 2.63. The maximum atomic E-state index is 12.9. The van der Waals surface area contributed by atoms with Crippen molar-refractivity contribution in [3.8, 4) is 0 Å². The van der Waals surface area contributed by atoms with E-state index in [0.717, 1.165) is 0 Å². The molecule has 0 unspecified atom stereocenters. The second-order valence-electron chi connectivity index (χ2n) is 4.32. The van der Waals surface area contributed by atoms with E-state index in [0.29, 0.717) is 0 Å². The molecule has 0 radical (unpaired) electrons. The molecule has 158 valence electrons. The van der Waals surface area contributed by atoms with Crippen LogP contribution in [0.4, 0.5) is 65.9 Å². The first-order valence-electron chi connectivity index (χ1n) is 5.03. The van der Waals surface area contributed by atoms with E-state index in [1.54, 1.807) is 0 Å². The van der Waals surface area contributed by atoms with E-state index in [1.807, 2.05) is 0 Å². The Balaban J connectivity index is 6.71. The Morgan fingerprint density at radius 2 is 0.692 bits per heavy atom. The van der Waals surface area contributed by atoms with Gasteiger partial charge in [-0.3, -0.25) is 0 Å². The summed E-state index contributed by atoms with van der Waals surface area (Å²) in [7, 11) is -3.70. The normalized spacial score (nSPS) is 16.8. The van der Waals surface area contributed by atoms with Gasteiger partial charge in [0.1, 0.15) is 0 Å². The van der Waals surface area contributed by atoms with Crippen molar-refractivity contribution in [2.75, 3.05) is 0 Å². The number of hydrogen-bond acceptors (Lipinski definition) is 2. The molecular formula is C7ClF15O2S. The van der Waals surface area contributed by atoms with E-state index < -0.39 is 50.1 Å². The van der Waals surface area contributed by atoms with Crippen LogP contribution in [0.5, 0.6) is 0 Å². The van der Waals surface area contributed by atoms with E-state index in [1.165, 1.54) is 0 Å². The van der Waals surface area contributed by atoms with Gasteiger partial charge in [0.2, 0.25) is 0 Å². The molecule has 26 heavy (non-hydrogen) atoms. The molecule has 0 spiro atoms. The third kappa shape index (κ3) is 2.95. The van der Waals surface area contributed by atoms with Crippen LogP contribution in [0, 0.1) is 0 Å². The average Bonchev–Trinajstić information content (AvgIpc) is 2.34. The fourth-order valence-electron chi connectivity index (χ4n) is 1.11. The molecule has 0 atom stereocenters. The van der Waals surface area contributed by atoms with Crippen molar-refractivity contribution in [1.82, 2.24) is 0 Å². The fraction of sp³-hybridized carbons (Fsp3) is 1.00. The molecule has 0 aromatic heterocycles. The van der Waals surface area contributed by atoms with Crippen molar-refractivity contribution < 1.29 is 74.3 Å². The molecule has 0 heterocycles. The molecule has 19 heteroatoms. The Morgan fingerprint density at radius 3 is 0.923 bits per heavy atom. The summed E-state index contributed by atoms with van der Waals surface area (Å²) in [5, 5.41) is -7.49. The topological polar surface area (TPSA) is 34.1 Å². The highest BCUT2D eigenvalue weighted by atomic mass is 35.7. The largest absolute Gasteiger partial charge is 0.460 e. The lowest BCUT2D eigenvalue weighted by molar-refractivity contribution is -0.447. The summed E-state index contributed by atoms with van der Waals surface area (Å²) < 4.78 is 208. The number of halogens is 16. The predicted molar refractivity (Wildman–Crippen MR) is 50.5 cm³/mol. The first kappa shape index (κ1) is 25.2. The molecule has 0 aliphatic rings. The van der Waals surface area contributed by atoms with Gasteiger partial charge in [-0.05, 0) is 0 Å². The molecule has 0 N–H and O–H groups in total. The Morgan fingerprint density at radius 1 is 0.462 bits per heavy atom. The first-order chi connectivity index (χ1) is 10.8. The van der Waals surface area contributed by atoms with Gasteiger partial charge in [0.05, 0.1) is 0 Å². The fourth-order valence-corrected chi connectivity index (χ4v) is 1.83. The molecule has 0 amide bonds. The van der Waals surface area contributed by atoms with Crippen LogP contribution < -0.4 is 0 Å². The van der Waals surface area contributed by atoms with E-state index in [-0.39, 0.29) is 0 Å². The van der Waals surface area contributed by atoms with Crippen molar-refractivity contribution in [2.45, 2.75) is 41.0 Å². The summed E-state index contributed by atoms with van der Waals surface area (Å²) in [5.41, 5.74) is 0. The van der Waals surface area contributed by atoms with Gasteiger partial charge >= 0.3 is 50.1 Å². The number of rotatable bonds is 6. The van der Waals surface area contributed by atoms with Crippen molar-refractivity contribution in [1.29, 1.82) is 0 Å². The second-order valence-corrected chi connectivity index (χ2v) is 6.93. The predicted octanol–water partition coefficient (Wildman–Crippen LogP) is 4.89. The highest BCUT2D eigenvalue weighted by molar-refractivity contribution is 8.14. The third-order valence-corrected chi connectivity index (χ3v) is 4.06. The Kier molecular flexibility index (Phi) is 5.66. The molecule has 0 rings (SSSR count). The Bertz CT molecular complexity index is 647.